The Kier molecular flexibility index (Phi) is 6.64. The molecule has 0 aliphatic heterocycles. The molecule has 0 unspecified atom stereocenters. The maximum Gasteiger partial charge on any atom is 0.144 e. The van der Waals surface area contributed by atoms with E-state index in [0.29, 0.717) is 0 Å². The van der Waals surface area contributed by atoms with Crippen molar-refractivity contribution in [3.63, 3.8) is 0 Å². The Bertz CT molecular complexity index is 2790. The lowest BCUT2D eigenvalue weighted by molar-refractivity contribution is 0.672. The molecule has 10 rings (SSSR count). The number of hydrogen-bond acceptors (Lipinski definition) is 5. The van der Waals surface area contributed by atoms with Gasteiger partial charge in [0.1, 0.15) is 11.2 Å². The highest BCUT2D eigenvalue weighted by Crippen LogP contribution is 2.51. The van der Waals surface area contributed by atoms with Gasteiger partial charge in [0, 0.05) is 61.0 Å². The van der Waals surface area contributed by atoms with Crippen molar-refractivity contribution >= 4 is 98.5 Å². The van der Waals surface area contributed by atoms with Crippen LogP contribution in [0.2, 0.25) is 0 Å². The van der Waals surface area contributed by atoms with E-state index in [0.717, 1.165) is 67.0 Å². The minimum Gasteiger partial charge on any atom is -0.455 e. The number of rotatable bonds is 6. The normalized spacial score (nSPS) is 11.6. The molecule has 0 spiro atoms. The summed E-state index contributed by atoms with van der Waals surface area (Å²) in [5.74, 6) is 0. The minimum atomic E-state index is 0.819. The Morgan fingerprint density at radius 1 is 0.440 bits per heavy atom. The fourth-order valence-corrected chi connectivity index (χ4v) is 8.45. The maximum absolute atomic E-state index is 6.80. The highest BCUT2D eigenvalue weighted by atomic mass is 32.1. The van der Waals surface area contributed by atoms with Gasteiger partial charge in [0.15, 0.2) is 0 Å². The molecule has 10 aromatic rings. The molecule has 0 saturated carbocycles. The summed E-state index contributed by atoms with van der Waals surface area (Å²) in [4.78, 5) is 9.38. The molecule has 5 heteroatoms. The second-order valence-corrected chi connectivity index (χ2v) is 13.4. The molecule has 236 valence electrons. The van der Waals surface area contributed by atoms with Gasteiger partial charge in [-0.15, -0.1) is 11.3 Å². The van der Waals surface area contributed by atoms with Crippen LogP contribution < -0.4 is 9.80 Å². The summed E-state index contributed by atoms with van der Waals surface area (Å²) in [5, 5.41) is 5.64. The molecule has 0 atom stereocenters. The van der Waals surface area contributed by atoms with Gasteiger partial charge < -0.3 is 14.2 Å². The van der Waals surface area contributed by atoms with E-state index in [2.05, 4.69) is 179 Å². The molecule has 7 aromatic carbocycles. The summed E-state index contributed by atoms with van der Waals surface area (Å²) in [5.41, 5.74) is 8.92. The average Bonchev–Trinajstić information content (AvgIpc) is 3.75. The molecular weight excluding hydrogens is 631 g/mol. The minimum absolute atomic E-state index is 0.819. The topological polar surface area (TPSA) is 32.5 Å². The van der Waals surface area contributed by atoms with Crippen LogP contribution in [0.15, 0.2) is 180 Å². The van der Waals surface area contributed by atoms with E-state index in [9.17, 15) is 0 Å². The monoisotopic (exact) mass is 659 g/mol. The third-order valence-corrected chi connectivity index (χ3v) is 10.7. The van der Waals surface area contributed by atoms with Gasteiger partial charge in [-0.3, -0.25) is 4.98 Å². The van der Waals surface area contributed by atoms with Crippen LogP contribution in [-0.2, 0) is 0 Å². The lowest BCUT2D eigenvalue weighted by atomic mass is 10.0. The largest absolute Gasteiger partial charge is 0.455 e. The first-order valence-electron chi connectivity index (χ1n) is 16.7. The number of anilines is 6. The van der Waals surface area contributed by atoms with E-state index in [-0.39, 0.29) is 0 Å². The van der Waals surface area contributed by atoms with Crippen molar-refractivity contribution in [1.29, 1.82) is 0 Å². The fourth-order valence-electron chi connectivity index (χ4n) is 7.24. The Balaban J connectivity index is 1.35. The van der Waals surface area contributed by atoms with Crippen molar-refractivity contribution in [1.82, 2.24) is 4.98 Å². The lowest BCUT2D eigenvalue weighted by Crippen LogP contribution is -2.17. The summed E-state index contributed by atoms with van der Waals surface area (Å²) in [6.07, 6.45) is 1.83. The number of nitrogens with zero attached hydrogens (tertiary/aromatic N) is 3. The van der Waals surface area contributed by atoms with Crippen molar-refractivity contribution in [2.45, 2.75) is 0 Å². The van der Waals surface area contributed by atoms with E-state index < -0.39 is 0 Å². The molecule has 0 aliphatic rings. The van der Waals surface area contributed by atoms with Crippen LogP contribution >= 0.6 is 11.3 Å². The molecule has 0 bridgehead atoms. The van der Waals surface area contributed by atoms with Crippen LogP contribution in [0.4, 0.5) is 34.1 Å². The smallest absolute Gasteiger partial charge is 0.144 e. The van der Waals surface area contributed by atoms with E-state index in [1.54, 1.807) is 0 Å². The second kappa shape index (κ2) is 11.6. The molecule has 0 aliphatic carbocycles. The zero-order valence-electron chi connectivity index (χ0n) is 26.9. The highest BCUT2D eigenvalue weighted by Gasteiger charge is 2.26. The number of thiophene rings is 1. The van der Waals surface area contributed by atoms with Crippen LogP contribution in [-0.4, -0.2) is 4.98 Å². The lowest BCUT2D eigenvalue weighted by Gasteiger charge is -2.33. The number of para-hydroxylation sites is 3. The number of fused-ring (bicyclic) bond motifs is 8. The Morgan fingerprint density at radius 2 is 1.06 bits per heavy atom. The standard InChI is InChI=1S/C45H29N3OS/c1-4-14-30(15-5-1)47(31-16-6-2-7-17-31)41-29-42-37(34-25-26-38-36(44(34)49-42)22-13-27-46-38)28-40(41)48(32-18-8-3-9-19-32)39-23-12-21-35-33-20-10-11-24-43(33)50-45(35)39/h1-29H. The zero-order valence-corrected chi connectivity index (χ0v) is 27.7. The third kappa shape index (κ3) is 4.55. The van der Waals surface area contributed by atoms with E-state index in [1.807, 2.05) is 23.6 Å². The number of aromatic nitrogens is 1. The van der Waals surface area contributed by atoms with Gasteiger partial charge in [-0.2, -0.15) is 0 Å². The number of furan rings is 1. The molecule has 0 saturated heterocycles. The van der Waals surface area contributed by atoms with E-state index in [1.165, 1.54) is 20.2 Å². The highest BCUT2D eigenvalue weighted by molar-refractivity contribution is 7.26. The summed E-state index contributed by atoms with van der Waals surface area (Å²) in [6.45, 7) is 0. The van der Waals surface area contributed by atoms with Gasteiger partial charge in [-0.05, 0) is 78.9 Å². The van der Waals surface area contributed by atoms with Crippen molar-refractivity contribution < 1.29 is 4.42 Å². The Hall–Kier alpha value is -6.43. The maximum atomic E-state index is 6.80. The summed E-state index contributed by atoms with van der Waals surface area (Å²) in [6, 6.07) is 60.1. The predicted molar refractivity (Wildman–Crippen MR) is 211 cm³/mol. The molecule has 0 N–H and O–H groups in total. The summed E-state index contributed by atoms with van der Waals surface area (Å²) < 4.78 is 9.31. The van der Waals surface area contributed by atoms with Gasteiger partial charge in [0.2, 0.25) is 0 Å². The predicted octanol–water partition coefficient (Wildman–Crippen LogP) is 13.4. The number of benzene rings is 7. The van der Waals surface area contributed by atoms with Crippen LogP contribution in [0.1, 0.15) is 0 Å². The van der Waals surface area contributed by atoms with Crippen molar-refractivity contribution in [2.75, 3.05) is 9.80 Å². The van der Waals surface area contributed by atoms with Gasteiger partial charge in [0.25, 0.3) is 0 Å². The molecule has 0 fully saturated rings. The average molecular weight is 660 g/mol. The van der Waals surface area contributed by atoms with E-state index in [4.69, 9.17) is 4.42 Å². The SMILES string of the molecule is c1ccc(N(c2ccccc2)c2cc3oc4c5cccnc5ccc4c3cc2N(c2ccccc2)c2cccc3c2sc2ccccc23)cc1. The Labute approximate surface area is 292 Å². The van der Waals surface area contributed by atoms with Crippen LogP contribution in [0.3, 0.4) is 0 Å². The quantitative estimate of drug-likeness (QED) is 0.178. The summed E-state index contributed by atoms with van der Waals surface area (Å²) >= 11 is 1.84. The second-order valence-electron chi connectivity index (χ2n) is 12.4. The van der Waals surface area contributed by atoms with Gasteiger partial charge in [-0.1, -0.05) is 84.9 Å². The van der Waals surface area contributed by atoms with Crippen molar-refractivity contribution in [2.24, 2.45) is 0 Å². The molecule has 0 amide bonds. The van der Waals surface area contributed by atoms with Crippen LogP contribution in [0.5, 0.6) is 0 Å². The third-order valence-electron chi connectivity index (χ3n) is 9.46. The molecular formula is C45H29N3OS. The van der Waals surface area contributed by atoms with Crippen molar-refractivity contribution in [3.05, 3.63) is 176 Å². The van der Waals surface area contributed by atoms with E-state index >= 15 is 0 Å². The fraction of sp³-hybridized carbons (Fsp3) is 0. The van der Waals surface area contributed by atoms with Crippen LogP contribution in [0.25, 0.3) is 53.0 Å². The summed E-state index contributed by atoms with van der Waals surface area (Å²) in [7, 11) is 0. The molecule has 4 nitrogen and oxygen atoms in total. The van der Waals surface area contributed by atoms with Gasteiger partial charge >= 0.3 is 0 Å². The van der Waals surface area contributed by atoms with Crippen molar-refractivity contribution in [3.8, 4) is 0 Å². The molecule has 50 heavy (non-hydrogen) atoms. The number of pyridine rings is 1. The zero-order chi connectivity index (χ0) is 33.0. The Morgan fingerprint density at radius 3 is 1.80 bits per heavy atom. The van der Waals surface area contributed by atoms with Gasteiger partial charge in [0.05, 0.1) is 27.3 Å². The molecule has 0 radical (unpaired) electrons. The number of hydrogen-bond donors (Lipinski definition) is 0. The molecule has 3 heterocycles. The van der Waals surface area contributed by atoms with Gasteiger partial charge in [-0.25, -0.2) is 0 Å². The first-order valence-corrected chi connectivity index (χ1v) is 17.5. The molecule has 3 aromatic heterocycles. The first kappa shape index (κ1) is 28.6. The first-order chi connectivity index (χ1) is 24.8. The van der Waals surface area contributed by atoms with Crippen LogP contribution in [0, 0.1) is 0 Å².